The molecule has 0 radical (unpaired) electrons. The molecule has 5 nitrogen and oxygen atoms in total. The van der Waals surface area contributed by atoms with E-state index in [1.54, 1.807) is 0 Å². The first-order chi connectivity index (χ1) is 11.3. The van der Waals surface area contributed by atoms with Crippen molar-refractivity contribution >= 4 is 18.3 Å². The fourth-order valence-electron chi connectivity index (χ4n) is 3.25. The van der Waals surface area contributed by atoms with E-state index < -0.39 is 0 Å². The molecule has 1 atom stereocenters. The summed E-state index contributed by atoms with van der Waals surface area (Å²) in [5.74, 6) is 0.963. The molecule has 2 rings (SSSR count). The van der Waals surface area contributed by atoms with Gasteiger partial charge in [0.1, 0.15) is 12.4 Å². The number of nitrogens with one attached hydrogen (secondary N) is 1. The number of ether oxygens (including phenoxy) is 1. The first-order valence-corrected chi connectivity index (χ1v) is 8.73. The Morgan fingerprint density at radius 2 is 2.00 bits per heavy atom. The zero-order valence-corrected chi connectivity index (χ0v) is 16.6. The molecule has 1 fully saturated rings. The third-order valence-corrected chi connectivity index (χ3v) is 4.84. The summed E-state index contributed by atoms with van der Waals surface area (Å²) in [5.41, 5.74) is 8.44. The zero-order valence-electron chi connectivity index (χ0n) is 15.8. The van der Waals surface area contributed by atoms with Crippen LogP contribution in [0.5, 0.6) is 5.75 Å². The minimum absolute atomic E-state index is 0. The number of carbonyl (C=O) groups is 1. The van der Waals surface area contributed by atoms with Crippen molar-refractivity contribution in [1.82, 2.24) is 10.2 Å². The van der Waals surface area contributed by atoms with E-state index in [1.807, 2.05) is 32.0 Å². The second-order valence-corrected chi connectivity index (χ2v) is 7.51. The van der Waals surface area contributed by atoms with Gasteiger partial charge in [0.2, 0.25) is 5.91 Å². The van der Waals surface area contributed by atoms with Gasteiger partial charge >= 0.3 is 0 Å². The summed E-state index contributed by atoms with van der Waals surface area (Å²) in [7, 11) is 0. The lowest BCUT2D eigenvalue weighted by Crippen LogP contribution is -2.54. The third kappa shape index (κ3) is 6.17. The maximum Gasteiger partial charge on any atom is 0.234 e. The fraction of sp³-hybridized carbons (Fsp3) is 0.632. The fourth-order valence-corrected chi connectivity index (χ4v) is 3.25. The molecule has 0 bridgehead atoms. The van der Waals surface area contributed by atoms with Gasteiger partial charge in [-0.1, -0.05) is 32.0 Å². The van der Waals surface area contributed by atoms with Crippen LogP contribution in [0.2, 0.25) is 0 Å². The van der Waals surface area contributed by atoms with Crippen LogP contribution in [0.25, 0.3) is 0 Å². The molecule has 1 heterocycles. The van der Waals surface area contributed by atoms with Crippen molar-refractivity contribution in [2.75, 3.05) is 32.8 Å². The molecule has 1 aliphatic heterocycles. The van der Waals surface area contributed by atoms with Crippen LogP contribution >= 0.6 is 12.4 Å². The number of piperidine rings is 1. The lowest BCUT2D eigenvalue weighted by Gasteiger charge is -2.42. The minimum Gasteiger partial charge on any atom is -0.491 e. The Balaban J connectivity index is 0.00000312. The van der Waals surface area contributed by atoms with Crippen LogP contribution in [0.3, 0.4) is 0 Å². The van der Waals surface area contributed by atoms with Gasteiger partial charge in [-0.05, 0) is 36.8 Å². The number of nitrogens with two attached hydrogens (primary N) is 1. The zero-order chi connectivity index (χ0) is 17.7. The Labute approximate surface area is 157 Å². The number of hydrogen-bond acceptors (Lipinski definition) is 4. The monoisotopic (exact) mass is 369 g/mol. The van der Waals surface area contributed by atoms with Crippen LogP contribution < -0.4 is 15.8 Å². The molecule has 1 aliphatic rings. The second-order valence-electron chi connectivity index (χ2n) is 7.51. The Bertz CT molecular complexity index is 558. The normalized spacial score (nSPS) is 19.8. The molecule has 3 N–H and O–H groups in total. The van der Waals surface area contributed by atoms with Gasteiger partial charge in [-0.25, -0.2) is 0 Å². The highest BCUT2D eigenvalue weighted by atomic mass is 35.5. The number of nitrogens with zero attached hydrogens (tertiary/aromatic N) is 1. The van der Waals surface area contributed by atoms with Crippen LogP contribution in [0.1, 0.15) is 31.4 Å². The topological polar surface area (TPSA) is 67.6 Å². The molecule has 6 heteroatoms. The van der Waals surface area contributed by atoms with Gasteiger partial charge < -0.3 is 15.8 Å². The number of rotatable bonds is 6. The molecule has 25 heavy (non-hydrogen) atoms. The molecule has 142 valence electrons. The van der Waals surface area contributed by atoms with E-state index in [-0.39, 0.29) is 29.8 Å². The van der Waals surface area contributed by atoms with Gasteiger partial charge in [0.05, 0.1) is 13.1 Å². The summed E-state index contributed by atoms with van der Waals surface area (Å²) in [4.78, 5) is 14.3. The molecule has 0 aromatic heterocycles. The van der Waals surface area contributed by atoms with Crippen molar-refractivity contribution < 1.29 is 9.53 Å². The van der Waals surface area contributed by atoms with E-state index in [9.17, 15) is 4.79 Å². The first kappa shape index (κ1) is 21.7. The number of aryl methyl sites for hydroxylation is 2. The number of amides is 1. The van der Waals surface area contributed by atoms with Crippen molar-refractivity contribution in [3.63, 3.8) is 0 Å². The van der Waals surface area contributed by atoms with Crippen molar-refractivity contribution in [1.29, 1.82) is 0 Å². The molecule has 1 amide bonds. The molecule has 1 aromatic carbocycles. The van der Waals surface area contributed by atoms with Crippen LogP contribution in [0.4, 0.5) is 0 Å². The largest absolute Gasteiger partial charge is 0.491 e. The summed E-state index contributed by atoms with van der Waals surface area (Å²) in [5, 5.41) is 2.94. The standard InChI is InChI=1S/C19H31N3O2.ClH/c1-14-6-5-7-15(2)18(14)24-11-9-21-17(23)12-22-10-8-16(20)19(3,4)13-22;/h5-7,16H,8-13,20H2,1-4H3,(H,21,23);1H. The van der Waals surface area contributed by atoms with Gasteiger partial charge in [0.25, 0.3) is 0 Å². The number of para-hydroxylation sites is 1. The van der Waals surface area contributed by atoms with Crippen LogP contribution in [0, 0.1) is 19.3 Å². The molecule has 1 aromatic rings. The Hall–Kier alpha value is -1.30. The predicted molar refractivity (Wildman–Crippen MR) is 104 cm³/mol. The summed E-state index contributed by atoms with van der Waals surface area (Å²) in [6.07, 6.45) is 0.940. The number of likely N-dealkylation sites (tertiary alicyclic amines) is 1. The average molecular weight is 370 g/mol. The quantitative estimate of drug-likeness (QED) is 0.755. The smallest absolute Gasteiger partial charge is 0.234 e. The Morgan fingerprint density at radius 3 is 2.60 bits per heavy atom. The van der Waals surface area contributed by atoms with E-state index >= 15 is 0 Å². The highest BCUT2D eigenvalue weighted by Gasteiger charge is 2.33. The van der Waals surface area contributed by atoms with E-state index in [4.69, 9.17) is 10.5 Å². The van der Waals surface area contributed by atoms with Crippen LogP contribution in [-0.4, -0.2) is 49.6 Å². The first-order valence-electron chi connectivity index (χ1n) is 8.73. The average Bonchev–Trinajstić information content (AvgIpc) is 2.49. The second kappa shape index (κ2) is 9.41. The highest BCUT2D eigenvalue weighted by Crippen LogP contribution is 2.27. The summed E-state index contributed by atoms with van der Waals surface area (Å²) in [6.45, 7) is 11.6. The minimum atomic E-state index is 0. The van der Waals surface area contributed by atoms with Gasteiger partial charge in [-0.15, -0.1) is 12.4 Å². The third-order valence-electron chi connectivity index (χ3n) is 4.84. The molecule has 0 aliphatic carbocycles. The molecule has 0 spiro atoms. The number of hydrogen-bond donors (Lipinski definition) is 2. The SMILES string of the molecule is Cc1cccc(C)c1OCCNC(=O)CN1CCC(N)C(C)(C)C1.Cl. The van der Waals surface area contributed by atoms with E-state index in [2.05, 4.69) is 24.1 Å². The van der Waals surface area contributed by atoms with Crippen molar-refractivity contribution in [3.05, 3.63) is 29.3 Å². The van der Waals surface area contributed by atoms with Crippen molar-refractivity contribution in [3.8, 4) is 5.75 Å². The summed E-state index contributed by atoms with van der Waals surface area (Å²) >= 11 is 0. The van der Waals surface area contributed by atoms with E-state index in [0.717, 1.165) is 36.4 Å². The van der Waals surface area contributed by atoms with Gasteiger partial charge in [0, 0.05) is 19.1 Å². The lowest BCUT2D eigenvalue weighted by molar-refractivity contribution is -0.123. The summed E-state index contributed by atoms with van der Waals surface area (Å²) < 4.78 is 5.81. The van der Waals surface area contributed by atoms with E-state index in [1.165, 1.54) is 0 Å². The lowest BCUT2D eigenvalue weighted by atomic mass is 9.80. The Morgan fingerprint density at radius 1 is 1.36 bits per heavy atom. The maximum atomic E-state index is 12.1. The number of carbonyl (C=O) groups excluding carboxylic acids is 1. The van der Waals surface area contributed by atoms with E-state index in [0.29, 0.717) is 19.7 Å². The van der Waals surface area contributed by atoms with Crippen LogP contribution in [-0.2, 0) is 4.79 Å². The highest BCUT2D eigenvalue weighted by molar-refractivity contribution is 5.85. The molecular weight excluding hydrogens is 338 g/mol. The molecule has 0 saturated carbocycles. The van der Waals surface area contributed by atoms with Crippen molar-refractivity contribution in [2.24, 2.45) is 11.1 Å². The predicted octanol–water partition coefficient (Wildman–Crippen LogP) is 2.28. The van der Waals surface area contributed by atoms with Gasteiger partial charge in [-0.2, -0.15) is 0 Å². The molecule has 1 saturated heterocycles. The van der Waals surface area contributed by atoms with Gasteiger partial charge in [0.15, 0.2) is 0 Å². The maximum absolute atomic E-state index is 12.1. The summed E-state index contributed by atoms with van der Waals surface area (Å²) in [6, 6.07) is 6.29. The van der Waals surface area contributed by atoms with Gasteiger partial charge in [-0.3, -0.25) is 9.69 Å². The number of benzene rings is 1. The Kier molecular flexibility index (Phi) is 8.19. The number of halogens is 1. The van der Waals surface area contributed by atoms with Crippen LogP contribution in [0.15, 0.2) is 18.2 Å². The molecule has 1 unspecified atom stereocenters. The van der Waals surface area contributed by atoms with Crippen molar-refractivity contribution in [2.45, 2.75) is 40.2 Å². The molecular formula is C19H32ClN3O2.